The third kappa shape index (κ3) is 3.59. The van der Waals surface area contributed by atoms with Crippen molar-refractivity contribution in [2.45, 2.75) is 20.0 Å². The number of aromatic nitrogens is 3. The summed E-state index contributed by atoms with van der Waals surface area (Å²) in [6.45, 7) is 3.94. The summed E-state index contributed by atoms with van der Waals surface area (Å²) in [5.74, 6) is -0.0401. The van der Waals surface area contributed by atoms with Gasteiger partial charge in [-0.15, -0.1) is 5.10 Å². The summed E-state index contributed by atoms with van der Waals surface area (Å²) in [6, 6.07) is 5.20. The van der Waals surface area contributed by atoms with Crippen molar-refractivity contribution in [3.63, 3.8) is 0 Å². The lowest BCUT2D eigenvalue weighted by Crippen LogP contribution is -2.18. The SMILES string of the molecule is COCC(C)Oc1cc(-n2nnc(C(=O)O)c2C)ccc1OC. The van der Waals surface area contributed by atoms with Crippen molar-refractivity contribution in [2.75, 3.05) is 20.8 Å². The molecule has 2 aromatic rings. The molecule has 23 heavy (non-hydrogen) atoms. The van der Waals surface area contributed by atoms with E-state index in [1.54, 1.807) is 39.3 Å². The van der Waals surface area contributed by atoms with Gasteiger partial charge >= 0.3 is 5.97 Å². The Morgan fingerprint density at radius 2 is 2.09 bits per heavy atom. The fourth-order valence-electron chi connectivity index (χ4n) is 2.15. The summed E-state index contributed by atoms with van der Waals surface area (Å²) < 4.78 is 17.6. The molecule has 1 atom stereocenters. The largest absolute Gasteiger partial charge is 0.493 e. The van der Waals surface area contributed by atoms with Gasteiger partial charge in [-0.1, -0.05) is 5.21 Å². The molecule has 0 saturated carbocycles. The number of aromatic carboxylic acids is 1. The maximum Gasteiger partial charge on any atom is 0.358 e. The molecule has 1 unspecified atom stereocenters. The van der Waals surface area contributed by atoms with Crippen molar-refractivity contribution in [1.29, 1.82) is 0 Å². The Morgan fingerprint density at radius 1 is 1.35 bits per heavy atom. The molecule has 8 nitrogen and oxygen atoms in total. The zero-order chi connectivity index (χ0) is 17.0. The minimum absolute atomic E-state index is 0.0870. The number of benzene rings is 1. The summed E-state index contributed by atoms with van der Waals surface area (Å²) in [7, 11) is 3.14. The van der Waals surface area contributed by atoms with E-state index < -0.39 is 5.97 Å². The van der Waals surface area contributed by atoms with Crippen LogP contribution in [0.15, 0.2) is 18.2 Å². The fourth-order valence-corrected chi connectivity index (χ4v) is 2.15. The average Bonchev–Trinajstić information content (AvgIpc) is 2.89. The van der Waals surface area contributed by atoms with Gasteiger partial charge in [0, 0.05) is 13.2 Å². The van der Waals surface area contributed by atoms with E-state index in [0.717, 1.165) is 0 Å². The number of hydrogen-bond donors (Lipinski definition) is 1. The Kier molecular flexibility index (Phi) is 5.17. The molecule has 0 bridgehead atoms. The van der Waals surface area contributed by atoms with Gasteiger partial charge in [-0.05, 0) is 26.0 Å². The van der Waals surface area contributed by atoms with Crippen LogP contribution in [0.25, 0.3) is 5.69 Å². The molecular weight excluding hydrogens is 302 g/mol. The topological polar surface area (TPSA) is 95.7 Å². The first-order chi connectivity index (χ1) is 11.0. The number of hydrogen-bond acceptors (Lipinski definition) is 6. The number of ether oxygens (including phenoxy) is 3. The van der Waals surface area contributed by atoms with Crippen molar-refractivity contribution in [1.82, 2.24) is 15.0 Å². The normalized spacial score (nSPS) is 12.0. The first-order valence-corrected chi connectivity index (χ1v) is 6.97. The van der Waals surface area contributed by atoms with Gasteiger partial charge in [0.25, 0.3) is 0 Å². The minimum Gasteiger partial charge on any atom is -0.493 e. The second-order valence-corrected chi connectivity index (χ2v) is 4.96. The highest BCUT2D eigenvalue weighted by Crippen LogP contribution is 2.30. The predicted molar refractivity (Wildman–Crippen MR) is 81.6 cm³/mol. The van der Waals surface area contributed by atoms with Crippen LogP contribution in [0.2, 0.25) is 0 Å². The summed E-state index contributed by atoms with van der Waals surface area (Å²) in [5.41, 5.74) is 0.970. The molecule has 124 valence electrons. The molecule has 1 heterocycles. The van der Waals surface area contributed by atoms with E-state index >= 15 is 0 Å². The van der Waals surface area contributed by atoms with Gasteiger partial charge in [-0.3, -0.25) is 0 Å². The first kappa shape index (κ1) is 16.8. The van der Waals surface area contributed by atoms with Gasteiger partial charge < -0.3 is 19.3 Å². The standard InChI is InChI=1S/C15H19N3O5/c1-9(8-21-3)23-13-7-11(5-6-12(13)22-4)18-10(2)14(15(19)20)16-17-18/h5-7,9H,8H2,1-4H3,(H,19,20). The van der Waals surface area contributed by atoms with E-state index in [2.05, 4.69) is 10.3 Å². The monoisotopic (exact) mass is 321 g/mol. The molecule has 0 radical (unpaired) electrons. The van der Waals surface area contributed by atoms with Crippen LogP contribution in [0.5, 0.6) is 11.5 Å². The van der Waals surface area contributed by atoms with Crippen LogP contribution in [-0.2, 0) is 4.74 Å². The van der Waals surface area contributed by atoms with Gasteiger partial charge in [0.15, 0.2) is 17.2 Å². The highest BCUT2D eigenvalue weighted by atomic mass is 16.5. The van der Waals surface area contributed by atoms with Crippen molar-refractivity contribution in [3.8, 4) is 17.2 Å². The van der Waals surface area contributed by atoms with E-state index in [0.29, 0.717) is 29.5 Å². The van der Waals surface area contributed by atoms with Crippen molar-refractivity contribution in [2.24, 2.45) is 0 Å². The van der Waals surface area contributed by atoms with Gasteiger partial charge in [0.2, 0.25) is 0 Å². The van der Waals surface area contributed by atoms with Gasteiger partial charge in [-0.25, -0.2) is 9.48 Å². The highest BCUT2D eigenvalue weighted by Gasteiger charge is 2.18. The smallest absolute Gasteiger partial charge is 0.358 e. The number of carbonyl (C=O) groups is 1. The zero-order valence-corrected chi connectivity index (χ0v) is 13.4. The lowest BCUT2D eigenvalue weighted by Gasteiger charge is -2.17. The van der Waals surface area contributed by atoms with Gasteiger partial charge in [-0.2, -0.15) is 0 Å². The van der Waals surface area contributed by atoms with Crippen LogP contribution in [0.3, 0.4) is 0 Å². The molecule has 1 aromatic carbocycles. The van der Waals surface area contributed by atoms with E-state index in [1.165, 1.54) is 4.68 Å². The minimum atomic E-state index is -1.12. The molecule has 0 aliphatic heterocycles. The maximum atomic E-state index is 11.1. The highest BCUT2D eigenvalue weighted by molar-refractivity contribution is 5.86. The van der Waals surface area contributed by atoms with E-state index in [4.69, 9.17) is 19.3 Å². The van der Waals surface area contributed by atoms with Crippen molar-refractivity contribution >= 4 is 5.97 Å². The van der Waals surface area contributed by atoms with Crippen LogP contribution >= 0.6 is 0 Å². The average molecular weight is 321 g/mol. The van der Waals surface area contributed by atoms with Gasteiger partial charge in [0.1, 0.15) is 6.10 Å². The third-order valence-corrected chi connectivity index (χ3v) is 3.22. The molecule has 0 aliphatic rings. The van der Waals surface area contributed by atoms with E-state index in [1.807, 2.05) is 6.92 Å². The van der Waals surface area contributed by atoms with E-state index in [9.17, 15) is 4.79 Å². The molecule has 0 spiro atoms. The second kappa shape index (κ2) is 7.10. The Balaban J connectivity index is 2.39. The van der Waals surface area contributed by atoms with Crippen LogP contribution in [0, 0.1) is 6.92 Å². The molecular formula is C15H19N3O5. The quantitative estimate of drug-likeness (QED) is 0.829. The fraction of sp³-hybridized carbons (Fsp3) is 0.400. The number of methoxy groups -OCH3 is 2. The molecule has 8 heteroatoms. The van der Waals surface area contributed by atoms with Crippen LogP contribution in [-0.4, -0.2) is 53.0 Å². The Morgan fingerprint density at radius 3 is 2.65 bits per heavy atom. The van der Waals surface area contributed by atoms with E-state index in [-0.39, 0.29) is 11.8 Å². The van der Waals surface area contributed by atoms with Crippen LogP contribution in [0.4, 0.5) is 0 Å². The molecule has 0 fully saturated rings. The number of carboxylic acid groups (broad SMARTS) is 1. The Labute approximate surface area is 133 Å². The number of rotatable bonds is 7. The summed E-state index contributed by atoms with van der Waals surface area (Å²) in [6.07, 6.45) is -0.171. The van der Waals surface area contributed by atoms with Gasteiger partial charge in [0.05, 0.1) is 25.1 Å². The maximum absolute atomic E-state index is 11.1. The summed E-state index contributed by atoms with van der Waals surface area (Å²) in [4.78, 5) is 11.1. The molecule has 0 amide bonds. The zero-order valence-electron chi connectivity index (χ0n) is 13.4. The first-order valence-electron chi connectivity index (χ1n) is 6.97. The van der Waals surface area contributed by atoms with Crippen LogP contribution in [0.1, 0.15) is 23.1 Å². The van der Waals surface area contributed by atoms with Crippen LogP contribution < -0.4 is 9.47 Å². The second-order valence-electron chi connectivity index (χ2n) is 4.96. The molecule has 0 aliphatic carbocycles. The third-order valence-electron chi connectivity index (χ3n) is 3.22. The molecule has 1 aromatic heterocycles. The molecule has 1 N–H and O–H groups in total. The van der Waals surface area contributed by atoms with Crippen molar-refractivity contribution in [3.05, 3.63) is 29.6 Å². The van der Waals surface area contributed by atoms with Crippen molar-refractivity contribution < 1.29 is 24.1 Å². The number of carboxylic acids is 1. The summed E-state index contributed by atoms with van der Waals surface area (Å²) in [5, 5.41) is 16.6. The predicted octanol–water partition coefficient (Wildman–Crippen LogP) is 1.70. The lowest BCUT2D eigenvalue weighted by molar-refractivity contribution is 0.0689. The number of nitrogens with zero attached hydrogens (tertiary/aromatic N) is 3. The lowest BCUT2D eigenvalue weighted by atomic mass is 10.2. The molecule has 0 saturated heterocycles. The molecule has 2 rings (SSSR count). The Bertz CT molecular complexity index is 698. The Hall–Kier alpha value is -2.61. The summed E-state index contributed by atoms with van der Waals surface area (Å²) >= 11 is 0.